The number of benzene rings is 1. The molecule has 0 bridgehead atoms. The minimum absolute atomic E-state index is 0.0559. The van der Waals surface area contributed by atoms with Crippen LogP contribution in [0.25, 0.3) is 11.4 Å². The summed E-state index contributed by atoms with van der Waals surface area (Å²) < 4.78 is 44.6. The van der Waals surface area contributed by atoms with Gasteiger partial charge in [-0.05, 0) is 30.7 Å². The quantitative estimate of drug-likeness (QED) is 0.675. The van der Waals surface area contributed by atoms with E-state index in [9.17, 15) is 18.0 Å². The van der Waals surface area contributed by atoms with Crippen molar-refractivity contribution < 1.29 is 22.7 Å². The largest absolute Gasteiger partial charge is 0.486 e. The van der Waals surface area contributed by atoms with Crippen molar-refractivity contribution in [3.63, 3.8) is 0 Å². The molecular formula is C20H16F3N5O2. The Labute approximate surface area is 169 Å². The van der Waals surface area contributed by atoms with E-state index in [1.807, 2.05) is 6.92 Å². The van der Waals surface area contributed by atoms with Crippen LogP contribution in [-0.4, -0.2) is 34.1 Å². The second-order valence-electron chi connectivity index (χ2n) is 6.64. The molecule has 4 rings (SSSR count). The molecule has 1 aliphatic heterocycles. The Morgan fingerprint density at radius 3 is 2.80 bits per heavy atom. The van der Waals surface area contributed by atoms with Crippen molar-refractivity contribution in [1.29, 1.82) is 0 Å². The van der Waals surface area contributed by atoms with E-state index in [1.54, 1.807) is 12.3 Å². The van der Waals surface area contributed by atoms with E-state index in [2.05, 4.69) is 20.3 Å². The highest BCUT2D eigenvalue weighted by atomic mass is 19.4. The van der Waals surface area contributed by atoms with Crippen LogP contribution in [0.1, 0.15) is 11.1 Å². The molecule has 0 unspecified atom stereocenters. The first-order valence-corrected chi connectivity index (χ1v) is 8.99. The number of hydrogen-bond donors (Lipinski definition) is 1. The van der Waals surface area contributed by atoms with E-state index in [1.165, 1.54) is 29.4 Å². The lowest BCUT2D eigenvalue weighted by atomic mass is 10.1. The van der Waals surface area contributed by atoms with Crippen LogP contribution in [0.3, 0.4) is 0 Å². The summed E-state index contributed by atoms with van der Waals surface area (Å²) in [4.78, 5) is 26.6. The number of halogens is 3. The molecule has 2 aromatic heterocycles. The number of rotatable bonds is 2. The van der Waals surface area contributed by atoms with E-state index in [0.29, 0.717) is 5.69 Å². The number of aromatic nitrogens is 3. The van der Waals surface area contributed by atoms with E-state index >= 15 is 0 Å². The zero-order valence-corrected chi connectivity index (χ0v) is 15.8. The van der Waals surface area contributed by atoms with Crippen LogP contribution in [-0.2, 0) is 6.18 Å². The lowest BCUT2D eigenvalue weighted by molar-refractivity contribution is -0.137. The van der Waals surface area contributed by atoms with Crippen LogP contribution in [0.5, 0.6) is 5.75 Å². The predicted molar refractivity (Wildman–Crippen MR) is 103 cm³/mol. The summed E-state index contributed by atoms with van der Waals surface area (Å²) in [7, 11) is 0. The van der Waals surface area contributed by atoms with Crippen molar-refractivity contribution >= 4 is 17.5 Å². The second-order valence-corrected chi connectivity index (χ2v) is 6.64. The van der Waals surface area contributed by atoms with Crippen molar-refractivity contribution in [2.75, 3.05) is 23.4 Å². The molecular weight excluding hydrogens is 399 g/mol. The van der Waals surface area contributed by atoms with Gasteiger partial charge in [-0.3, -0.25) is 9.88 Å². The van der Waals surface area contributed by atoms with Gasteiger partial charge in [0.1, 0.15) is 6.61 Å². The molecule has 3 aromatic rings. The molecule has 154 valence electrons. The highest BCUT2D eigenvalue weighted by Crippen LogP contribution is 2.34. The Bertz CT molecular complexity index is 1100. The number of hydrogen-bond acceptors (Lipinski definition) is 5. The van der Waals surface area contributed by atoms with Crippen molar-refractivity contribution in [2.24, 2.45) is 0 Å². The van der Waals surface area contributed by atoms with Gasteiger partial charge in [0, 0.05) is 11.8 Å². The van der Waals surface area contributed by atoms with Gasteiger partial charge in [0.25, 0.3) is 0 Å². The maximum Gasteiger partial charge on any atom is 0.416 e. The van der Waals surface area contributed by atoms with Crippen molar-refractivity contribution in [3.8, 4) is 17.1 Å². The molecule has 30 heavy (non-hydrogen) atoms. The molecule has 1 N–H and O–H groups in total. The van der Waals surface area contributed by atoms with Crippen LogP contribution >= 0.6 is 0 Å². The number of urea groups is 1. The van der Waals surface area contributed by atoms with Crippen molar-refractivity contribution in [3.05, 3.63) is 60.0 Å². The van der Waals surface area contributed by atoms with Crippen LogP contribution in [0.2, 0.25) is 0 Å². The molecule has 10 heteroatoms. The van der Waals surface area contributed by atoms with Crippen molar-refractivity contribution in [2.45, 2.75) is 13.1 Å². The highest BCUT2D eigenvalue weighted by molar-refractivity contribution is 6.02. The minimum atomic E-state index is -4.49. The fourth-order valence-corrected chi connectivity index (χ4v) is 3.00. The number of aryl methyl sites for hydroxylation is 1. The lowest BCUT2D eigenvalue weighted by Crippen LogP contribution is -2.41. The Morgan fingerprint density at radius 1 is 1.20 bits per heavy atom. The van der Waals surface area contributed by atoms with Crippen LogP contribution in [0, 0.1) is 6.92 Å². The van der Waals surface area contributed by atoms with E-state index < -0.39 is 17.8 Å². The maximum absolute atomic E-state index is 13.0. The van der Waals surface area contributed by atoms with E-state index in [-0.39, 0.29) is 36.1 Å². The molecule has 7 nitrogen and oxygen atoms in total. The topological polar surface area (TPSA) is 80.2 Å². The maximum atomic E-state index is 13.0. The Kier molecular flexibility index (Phi) is 4.98. The van der Waals surface area contributed by atoms with Gasteiger partial charge in [0.05, 0.1) is 30.2 Å². The number of fused-ring (bicyclic) bond motifs is 1. The van der Waals surface area contributed by atoms with Gasteiger partial charge >= 0.3 is 12.2 Å². The molecule has 3 heterocycles. The number of alkyl halides is 3. The van der Waals surface area contributed by atoms with Crippen LogP contribution in [0.4, 0.5) is 29.5 Å². The number of carbonyl (C=O) groups is 1. The third-order valence-corrected chi connectivity index (χ3v) is 4.38. The molecule has 0 fully saturated rings. The average Bonchev–Trinajstić information content (AvgIpc) is 2.72. The Balaban J connectivity index is 1.66. The van der Waals surface area contributed by atoms with Crippen LogP contribution in [0.15, 0.2) is 48.9 Å². The zero-order chi connectivity index (χ0) is 21.3. The van der Waals surface area contributed by atoms with Gasteiger partial charge in [-0.2, -0.15) is 13.2 Å². The first kappa shape index (κ1) is 19.6. The smallest absolute Gasteiger partial charge is 0.416 e. The average molecular weight is 415 g/mol. The molecule has 0 spiro atoms. The van der Waals surface area contributed by atoms with Crippen LogP contribution < -0.4 is 15.0 Å². The SMILES string of the molecule is Cc1cncc(NC(=O)N2CCOc3cnc(-c4cccc(C(F)(F)F)c4)nc32)c1. The number of amides is 2. The molecule has 0 radical (unpaired) electrons. The first-order chi connectivity index (χ1) is 14.3. The summed E-state index contributed by atoms with van der Waals surface area (Å²) in [5, 5.41) is 2.74. The monoisotopic (exact) mass is 415 g/mol. The number of pyridine rings is 1. The lowest BCUT2D eigenvalue weighted by Gasteiger charge is -2.28. The van der Waals surface area contributed by atoms with Gasteiger partial charge in [0.2, 0.25) is 0 Å². The summed E-state index contributed by atoms with van der Waals surface area (Å²) in [5.74, 6) is 0.511. The summed E-state index contributed by atoms with van der Waals surface area (Å²) in [6, 6.07) is 6.01. The molecule has 0 aliphatic carbocycles. The molecule has 1 aromatic carbocycles. The van der Waals surface area contributed by atoms with Crippen molar-refractivity contribution in [1.82, 2.24) is 15.0 Å². The normalized spacial score (nSPS) is 13.4. The number of anilines is 2. The molecule has 2 amide bonds. The number of ether oxygens (including phenoxy) is 1. The molecule has 0 saturated heterocycles. The summed E-state index contributed by atoms with van der Waals surface area (Å²) >= 11 is 0. The van der Waals surface area contributed by atoms with E-state index in [4.69, 9.17) is 4.74 Å². The number of nitrogens with zero attached hydrogens (tertiary/aromatic N) is 4. The van der Waals surface area contributed by atoms with Gasteiger partial charge in [0.15, 0.2) is 17.4 Å². The van der Waals surface area contributed by atoms with Gasteiger partial charge in [-0.1, -0.05) is 12.1 Å². The number of carbonyl (C=O) groups excluding carboxylic acids is 1. The van der Waals surface area contributed by atoms with E-state index in [0.717, 1.165) is 17.7 Å². The Morgan fingerprint density at radius 2 is 2.03 bits per heavy atom. The first-order valence-electron chi connectivity index (χ1n) is 8.99. The fourth-order valence-electron chi connectivity index (χ4n) is 3.00. The molecule has 0 atom stereocenters. The van der Waals surface area contributed by atoms with Gasteiger partial charge in [-0.25, -0.2) is 14.8 Å². The third kappa shape index (κ3) is 4.02. The van der Waals surface area contributed by atoms with Gasteiger partial charge < -0.3 is 10.1 Å². The highest BCUT2D eigenvalue weighted by Gasteiger charge is 2.31. The third-order valence-electron chi connectivity index (χ3n) is 4.38. The summed E-state index contributed by atoms with van der Waals surface area (Å²) in [6.07, 6.45) is 0.0429. The zero-order valence-electron chi connectivity index (χ0n) is 15.8. The standard InChI is InChI=1S/C20H16F3N5O2/c1-12-7-15(10-24-9-12)26-19(29)28-5-6-30-16-11-25-17(27-18(16)28)13-3-2-4-14(8-13)20(21,22)23/h2-4,7-11H,5-6H2,1H3,(H,26,29). The van der Waals surface area contributed by atoms with Gasteiger partial charge in [-0.15, -0.1) is 0 Å². The summed E-state index contributed by atoms with van der Waals surface area (Å²) in [5.41, 5.74) is 0.769. The summed E-state index contributed by atoms with van der Waals surface area (Å²) in [6.45, 7) is 2.30. The number of nitrogens with one attached hydrogen (secondary N) is 1. The predicted octanol–water partition coefficient (Wildman–Crippen LogP) is 4.30. The molecule has 0 saturated carbocycles. The molecule has 1 aliphatic rings. The minimum Gasteiger partial charge on any atom is -0.486 e. The second kappa shape index (κ2) is 7.62. The Hall–Kier alpha value is -3.69. The fraction of sp³-hybridized carbons (Fsp3) is 0.200.